The number of aromatic nitrogens is 2. The third kappa shape index (κ3) is 3.76. The number of nitrogens with two attached hydrogens (primary N) is 1. The lowest BCUT2D eigenvalue weighted by Crippen LogP contribution is -2.14. The first-order valence-corrected chi connectivity index (χ1v) is 6.59. The van der Waals surface area contributed by atoms with E-state index in [4.69, 9.17) is 5.73 Å². The number of nitrogens with zero attached hydrogens (tertiary/aromatic N) is 2. The Balaban J connectivity index is 0.00000220. The van der Waals surface area contributed by atoms with E-state index >= 15 is 0 Å². The summed E-state index contributed by atoms with van der Waals surface area (Å²) in [7, 11) is 1.84. The average Bonchev–Trinajstić information content (AvgIpc) is 2.73. The molecule has 0 radical (unpaired) electrons. The van der Waals surface area contributed by atoms with Gasteiger partial charge in [-0.15, -0.1) is 12.4 Å². The minimum Gasteiger partial charge on any atom is -0.399 e. The lowest BCUT2D eigenvalue weighted by Gasteiger charge is -2.09. The van der Waals surface area contributed by atoms with E-state index in [-0.39, 0.29) is 24.2 Å². The summed E-state index contributed by atoms with van der Waals surface area (Å²) >= 11 is 0. The number of carbonyl (C=O) groups is 1. The van der Waals surface area contributed by atoms with Crippen LogP contribution in [0.1, 0.15) is 41.4 Å². The van der Waals surface area contributed by atoms with Gasteiger partial charge in [0.25, 0.3) is 5.91 Å². The molecule has 3 N–H and O–H groups in total. The van der Waals surface area contributed by atoms with E-state index < -0.39 is 0 Å². The molecule has 0 fully saturated rings. The number of amides is 1. The van der Waals surface area contributed by atoms with Crippen molar-refractivity contribution in [2.45, 2.75) is 26.7 Å². The fraction of sp³-hybridized carbons (Fsp3) is 0.333. The highest BCUT2D eigenvalue weighted by molar-refractivity contribution is 6.06. The lowest BCUT2D eigenvalue weighted by atomic mass is 10.1. The summed E-state index contributed by atoms with van der Waals surface area (Å²) in [6.07, 6.45) is 1.81. The van der Waals surface area contributed by atoms with Gasteiger partial charge in [-0.3, -0.25) is 9.48 Å². The standard InChI is InChI=1S/C15H20N4O.ClH/c1-9(2)14-13(8-19(4)18-14)17-15(20)12-7-11(16)6-5-10(12)3;/h5-9H,16H2,1-4H3,(H,17,20);1H. The second-order valence-electron chi connectivity index (χ2n) is 5.28. The summed E-state index contributed by atoms with van der Waals surface area (Å²) in [5.41, 5.74) is 9.43. The van der Waals surface area contributed by atoms with Gasteiger partial charge in [0.15, 0.2) is 0 Å². The third-order valence-corrected chi connectivity index (χ3v) is 3.16. The molecule has 0 saturated carbocycles. The maximum atomic E-state index is 12.4. The molecule has 0 bridgehead atoms. The first-order chi connectivity index (χ1) is 9.38. The van der Waals surface area contributed by atoms with Crippen molar-refractivity contribution in [3.05, 3.63) is 41.2 Å². The number of carbonyl (C=O) groups excluding carboxylic acids is 1. The van der Waals surface area contributed by atoms with Crippen LogP contribution >= 0.6 is 12.4 Å². The molecule has 5 nitrogen and oxygen atoms in total. The molecule has 1 heterocycles. The Morgan fingerprint density at radius 3 is 2.67 bits per heavy atom. The number of hydrogen-bond acceptors (Lipinski definition) is 3. The molecule has 2 aromatic rings. The maximum absolute atomic E-state index is 12.4. The van der Waals surface area contributed by atoms with Crippen LogP contribution < -0.4 is 11.1 Å². The van der Waals surface area contributed by atoms with E-state index in [0.29, 0.717) is 11.3 Å². The van der Waals surface area contributed by atoms with Crippen molar-refractivity contribution in [2.75, 3.05) is 11.1 Å². The highest BCUT2D eigenvalue weighted by atomic mass is 35.5. The molecule has 21 heavy (non-hydrogen) atoms. The van der Waals surface area contributed by atoms with E-state index in [1.54, 1.807) is 16.8 Å². The quantitative estimate of drug-likeness (QED) is 0.856. The zero-order chi connectivity index (χ0) is 14.9. The summed E-state index contributed by atoms with van der Waals surface area (Å²) in [4.78, 5) is 12.4. The van der Waals surface area contributed by atoms with Gasteiger partial charge in [0.1, 0.15) is 0 Å². The van der Waals surface area contributed by atoms with Crippen molar-refractivity contribution in [2.24, 2.45) is 7.05 Å². The first kappa shape index (κ1) is 17.0. The fourth-order valence-corrected chi connectivity index (χ4v) is 2.10. The summed E-state index contributed by atoms with van der Waals surface area (Å²) in [6, 6.07) is 5.32. The van der Waals surface area contributed by atoms with Gasteiger partial charge in [0.2, 0.25) is 0 Å². The van der Waals surface area contributed by atoms with Gasteiger partial charge in [-0.2, -0.15) is 5.10 Å². The van der Waals surface area contributed by atoms with Crippen LogP contribution in [0.5, 0.6) is 0 Å². The molecule has 0 aliphatic rings. The van der Waals surface area contributed by atoms with Crippen LogP contribution in [-0.2, 0) is 7.05 Å². The van der Waals surface area contributed by atoms with Gasteiger partial charge in [-0.1, -0.05) is 19.9 Å². The van der Waals surface area contributed by atoms with Crippen molar-refractivity contribution >= 4 is 29.7 Å². The van der Waals surface area contributed by atoms with Crippen LogP contribution in [0.25, 0.3) is 0 Å². The zero-order valence-electron chi connectivity index (χ0n) is 12.7. The molecule has 2 rings (SSSR count). The Bertz CT molecular complexity index is 649. The molecular formula is C15H21ClN4O. The Morgan fingerprint density at radius 1 is 1.38 bits per heavy atom. The number of anilines is 2. The van der Waals surface area contributed by atoms with Crippen LogP contribution in [-0.4, -0.2) is 15.7 Å². The molecule has 6 heteroatoms. The molecule has 0 unspecified atom stereocenters. The molecule has 1 amide bonds. The number of benzene rings is 1. The Kier molecular flexibility index (Phi) is 5.38. The van der Waals surface area contributed by atoms with E-state index in [2.05, 4.69) is 10.4 Å². The maximum Gasteiger partial charge on any atom is 0.256 e. The number of nitrogens with one attached hydrogen (secondary N) is 1. The number of aryl methyl sites for hydroxylation is 2. The predicted octanol–water partition coefficient (Wildman–Crippen LogP) is 3.11. The third-order valence-electron chi connectivity index (χ3n) is 3.16. The summed E-state index contributed by atoms with van der Waals surface area (Å²) in [6.45, 7) is 5.98. The van der Waals surface area contributed by atoms with Crippen molar-refractivity contribution in [3.63, 3.8) is 0 Å². The minimum absolute atomic E-state index is 0. The van der Waals surface area contributed by atoms with Crippen molar-refractivity contribution in [3.8, 4) is 0 Å². The van der Waals surface area contributed by atoms with Gasteiger partial charge in [-0.25, -0.2) is 0 Å². The Hall–Kier alpha value is -2.01. The topological polar surface area (TPSA) is 72.9 Å². The molecular weight excluding hydrogens is 288 g/mol. The SMILES string of the molecule is Cc1ccc(N)cc1C(=O)Nc1cn(C)nc1C(C)C.Cl. The van der Waals surface area contributed by atoms with Gasteiger partial charge >= 0.3 is 0 Å². The minimum atomic E-state index is -0.162. The van der Waals surface area contributed by atoms with Gasteiger partial charge in [0, 0.05) is 24.5 Å². The van der Waals surface area contributed by atoms with E-state index in [0.717, 1.165) is 16.9 Å². The van der Waals surface area contributed by atoms with Gasteiger partial charge < -0.3 is 11.1 Å². The molecule has 0 aliphatic carbocycles. The summed E-state index contributed by atoms with van der Waals surface area (Å²) < 4.78 is 1.71. The molecule has 114 valence electrons. The number of halogens is 1. The highest BCUT2D eigenvalue weighted by Crippen LogP contribution is 2.23. The van der Waals surface area contributed by atoms with Crippen LogP contribution in [0, 0.1) is 6.92 Å². The van der Waals surface area contributed by atoms with E-state index in [9.17, 15) is 4.79 Å². The number of rotatable bonds is 3. The van der Waals surface area contributed by atoms with E-state index in [1.165, 1.54) is 0 Å². The number of hydrogen-bond donors (Lipinski definition) is 2. The normalized spacial score (nSPS) is 10.3. The monoisotopic (exact) mass is 308 g/mol. The number of nitrogen functional groups attached to an aromatic ring is 1. The first-order valence-electron chi connectivity index (χ1n) is 6.59. The van der Waals surface area contributed by atoms with Crippen LogP contribution in [0.15, 0.2) is 24.4 Å². The molecule has 0 aliphatic heterocycles. The van der Waals surface area contributed by atoms with Crippen molar-refractivity contribution < 1.29 is 4.79 Å². The van der Waals surface area contributed by atoms with Crippen molar-refractivity contribution in [1.82, 2.24) is 9.78 Å². The second kappa shape index (κ2) is 6.63. The Morgan fingerprint density at radius 2 is 2.05 bits per heavy atom. The Labute approximate surface area is 130 Å². The zero-order valence-corrected chi connectivity index (χ0v) is 13.5. The van der Waals surface area contributed by atoms with Crippen molar-refractivity contribution in [1.29, 1.82) is 0 Å². The van der Waals surface area contributed by atoms with Crippen LogP contribution in [0.4, 0.5) is 11.4 Å². The highest BCUT2D eigenvalue weighted by Gasteiger charge is 2.16. The largest absolute Gasteiger partial charge is 0.399 e. The average molecular weight is 309 g/mol. The van der Waals surface area contributed by atoms with Gasteiger partial charge in [0.05, 0.1) is 11.4 Å². The van der Waals surface area contributed by atoms with E-state index in [1.807, 2.05) is 40.1 Å². The van der Waals surface area contributed by atoms with Crippen LogP contribution in [0.2, 0.25) is 0 Å². The predicted molar refractivity (Wildman–Crippen MR) is 88.1 cm³/mol. The molecule has 1 aromatic carbocycles. The van der Waals surface area contributed by atoms with Gasteiger partial charge in [-0.05, 0) is 30.5 Å². The smallest absolute Gasteiger partial charge is 0.256 e. The molecule has 0 spiro atoms. The summed E-state index contributed by atoms with van der Waals surface area (Å²) in [5, 5.41) is 7.29. The fourth-order valence-electron chi connectivity index (χ4n) is 2.10. The molecule has 0 atom stereocenters. The summed E-state index contributed by atoms with van der Waals surface area (Å²) in [5.74, 6) is 0.0816. The lowest BCUT2D eigenvalue weighted by molar-refractivity contribution is 0.102. The second-order valence-corrected chi connectivity index (χ2v) is 5.28. The molecule has 0 saturated heterocycles. The molecule has 1 aromatic heterocycles. The van der Waals surface area contributed by atoms with Crippen LogP contribution in [0.3, 0.4) is 0 Å².